The second kappa shape index (κ2) is 9.17. The lowest BCUT2D eigenvalue weighted by atomic mass is 10.1. The molecule has 2 aromatic heterocycles. The topological polar surface area (TPSA) is 81.7 Å². The standard InChI is InChI=1S/C23H23F3N6O2S/c1-13-18(20(33)30(2)3)35-21(27-13)29-22(34)32-11-10-31(4)17-9-8-16(28-19(17)32)14-6-5-7-15(12-14)23(24,25)26/h5-9,12H,10-11H2,1-4H3,(H,27,29,34). The molecule has 0 atom stereocenters. The minimum Gasteiger partial charge on any atom is -0.370 e. The second-order valence-electron chi connectivity index (χ2n) is 8.25. The van der Waals surface area contributed by atoms with Crippen molar-refractivity contribution in [3.63, 3.8) is 0 Å². The van der Waals surface area contributed by atoms with E-state index in [1.807, 2.05) is 11.9 Å². The number of hydrogen-bond donors (Lipinski definition) is 1. The number of anilines is 3. The number of halogens is 3. The Balaban J connectivity index is 1.65. The van der Waals surface area contributed by atoms with E-state index < -0.39 is 17.8 Å². The number of nitrogens with one attached hydrogen (secondary N) is 1. The molecule has 0 aliphatic carbocycles. The van der Waals surface area contributed by atoms with Crippen LogP contribution in [0.25, 0.3) is 11.3 Å². The van der Waals surface area contributed by atoms with Crippen LogP contribution in [0.4, 0.5) is 34.6 Å². The third-order valence-electron chi connectivity index (χ3n) is 5.52. The molecule has 1 aliphatic rings. The lowest BCUT2D eigenvalue weighted by Crippen LogP contribution is -2.45. The molecule has 0 radical (unpaired) electrons. The number of aromatic nitrogens is 2. The summed E-state index contributed by atoms with van der Waals surface area (Å²) >= 11 is 1.08. The van der Waals surface area contributed by atoms with Gasteiger partial charge in [-0.05, 0) is 31.2 Å². The van der Waals surface area contributed by atoms with Crippen LogP contribution in [-0.4, -0.2) is 61.0 Å². The molecule has 1 aromatic carbocycles. The molecule has 3 aromatic rings. The molecule has 4 rings (SSSR count). The van der Waals surface area contributed by atoms with Gasteiger partial charge < -0.3 is 9.80 Å². The molecule has 0 saturated heterocycles. The van der Waals surface area contributed by atoms with Gasteiger partial charge in [0.25, 0.3) is 5.91 Å². The summed E-state index contributed by atoms with van der Waals surface area (Å²) in [6.07, 6.45) is -4.48. The number of benzene rings is 1. The molecule has 35 heavy (non-hydrogen) atoms. The van der Waals surface area contributed by atoms with Gasteiger partial charge in [0.2, 0.25) is 0 Å². The van der Waals surface area contributed by atoms with Crippen molar-refractivity contribution in [2.45, 2.75) is 13.1 Å². The fourth-order valence-corrected chi connectivity index (χ4v) is 4.62. The van der Waals surface area contributed by atoms with Crippen LogP contribution in [0.15, 0.2) is 36.4 Å². The SMILES string of the molecule is Cc1nc(NC(=O)N2CCN(C)c3ccc(-c4cccc(C(F)(F)F)c4)nc32)sc1C(=O)N(C)C. The molecule has 0 bridgehead atoms. The Morgan fingerprint density at radius 3 is 2.54 bits per heavy atom. The highest BCUT2D eigenvalue weighted by molar-refractivity contribution is 7.17. The number of fused-ring (bicyclic) bond motifs is 1. The van der Waals surface area contributed by atoms with Gasteiger partial charge in [0.15, 0.2) is 10.9 Å². The molecule has 0 saturated carbocycles. The number of carbonyl (C=O) groups is 2. The van der Waals surface area contributed by atoms with Gasteiger partial charge >= 0.3 is 12.2 Å². The number of urea groups is 1. The van der Waals surface area contributed by atoms with Crippen molar-refractivity contribution in [1.29, 1.82) is 0 Å². The van der Waals surface area contributed by atoms with Gasteiger partial charge in [-0.1, -0.05) is 23.5 Å². The van der Waals surface area contributed by atoms with E-state index in [4.69, 9.17) is 0 Å². The Bertz CT molecular complexity index is 1290. The molecule has 3 amide bonds. The third-order valence-corrected chi connectivity index (χ3v) is 6.58. The molecule has 12 heteroatoms. The maximum atomic E-state index is 13.2. The first-order valence-electron chi connectivity index (χ1n) is 10.6. The van der Waals surface area contributed by atoms with Gasteiger partial charge in [-0.15, -0.1) is 0 Å². The molecule has 3 heterocycles. The largest absolute Gasteiger partial charge is 0.416 e. The van der Waals surface area contributed by atoms with Gasteiger partial charge in [-0.3, -0.25) is 15.0 Å². The van der Waals surface area contributed by atoms with Gasteiger partial charge in [-0.25, -0.2) is 14.8 Å². The summed E-state index contributed by atoms with van der Waals surface area (Å²) in [7, 11) is 5.12. The van der Waals surface area contributed by atoms with Crippen molar-refractivity contribution in [2.24, 2.45) is 0 Å². The number of alkyl halides is 3. The number of aryl methyl sites for hydroxylation is 1. The minimum atomic E-state index is -4.48. The predicted octanol–water partition coefficient (Wildman–Crippen LogP) is 4.72. The van der Waals surface area contributed by atoms with Gasteiger partial charge in [-0.2, -0.15) is 13.2 Å². The summed E-state index contributed by atoms with van der Waals surface area (Å²) < 4.78 is 39.6. The molecular weight excluding hydrogens is 481 g/mol. The molecule has 0 unspecified atom stereocenters. The monoisotopic (exact) mass is 504 g/mol. The first kappa shape index (κ1) is 24.5. The van der Waals surface area contributed by atoms with E-state index in [-0.39, 0.29) is 11.0 Å². The zero-order valence-corrected chi connectivity index (χ0v) is 20.3. The van der Waals surface area contributed by atoms with Crippen molar-refractivity contribution >= 4 is 39.9 Å². The first-order valence-corrected chi connectivity index (χ1v) is 11.4. The number of pyridine rings is 1. The Kier molecular flexibility index (Phi) is 6.41. The maximum absolute atomic E-state index is 13.2. The van der Waals surface area contributed by atoms with E-state index >= 15 is 0 Å². The molecule has 8 nitrogen and oxygen atoms in total. The smallest absolute Gasteiger partial charge is 0.370 e. The summed E-state index contributed by atoms with van der Waals surface area (Å²) in [5.41, 5.74) is 1.00. The summed E-state index contributed by atoms with van der Waals surface area (Å²) in [4.78, 5) is 39.5. The number of rotatable bonds is 3. The van der Waals surface area contributed by atoms with Crippen molar-refractivity contribution in [1.82, 2.24) is 14.9 Å². The molecule has 1 aliphatic heterocycles. The number of nitrogens with zero attached hydrogens (tertiary/aromatic N) is 5. The van der Waals surface area contributed by atoms with Crippen molar-refractivity contribution < 1.29 is 22.8 Å². The van der Waals surface area contributed by atoms with E-state index in [1.165, 1.54) is 15.9 Å². The Hall–Kier alpha value is -3.67. The average Bonchev–Trinajstić information content (AvgIpc) is 3.17. The maximum Gasteiger partial charge on any atom is 0.416 e. The van der Waals surface area contributed by atoms with Crippen LogP contribution in [0.1, 0.15) is 20.9 Å². The van der Waals surface area contributed by atoms with Crippen LogP contribution in [0, 0.1) is 6.92 Å². The van der Waals surface area contributed by atoms with E-state index in [9.17, 15) is 22.8 Å². The molecule has 0 spiro atoms. The normalized spacial score (nSPS) is 13.5. The minimum absolute atomic E-state index is 0.210. The zero-order valence-electron chi connectivity index (χ0n) is 19.5. The van der Waals surface area contributed by atoms with Gasteiger partial charge in [0.1, 0.15) is 4.88 Å². The molecule has 1 N–H and O–H groups in total. The van der Waals surface area contributed by atoms with Crippen LogP contribution in [0.5, 0.6) is 0 Å². The fourth-order valence-electron chi connectivity index (χ4n) is 3.64. The Morgan fingerprint density at radius 2 is 1.86 bits per heavy atom. The van der Waals surface area contributed by atoms with Crippen molar-refractivity contribution in [3.05, 3.63) is 52.5 Å². The summed E-state index contributed by atoms with van der Waals surface area (Å²) in [6.45, 7) is 2.53. The van der Waals surface area contributed by atoms with E-state index in [0.29, 0.717) is 46.4 Å². The summed E-state index contributed by atoms with van der Waals surface area (Å²) in [6, 6.07) is 7.78. The van der Waals surface area contributed by atoms with E-state index in [0.717, 1.165) is 23.5 Å². The molecule has 184 valence electrons. The van der Waals surface area contributed by atoms with Crippen LogP contribution in [0.3, 0.4) is 0 Å². The lowest BCUT2D eigenvalue weighted by molar-refractivity contribution is -0.137. The predicted molar refractivity (Wildman–Crippen MR) is 129 cm³/mol. The highest BCUT2D eigenvalue weighted by Crippen LogP contribution is 2.36. The Morgan fingerprint density at radius 1 is 1.11 bits per heavy atom. The van der Waals surface area contributed by atoms with Gasteiger partial charge in [0, 0.05) is 39.8 Å². The van der Waals surface area contributed by atoms with Crippen LogP contribution >= 0.6 is 11.3 Å². The number of hydrogen-bond acceptors (Lipinski definition) is 6. The summed E-state index contributed by atoms with van der Waals surface area (Å²) in [5.74, 6) is 0.113. The lowest BCUT2D eigenvalue weighted by Gasteiger charge is -2.34. The van der Waals surface area contributed by atoms with Crippen molar-refractivity contribution in [2.75, 3.05) is 49.3 Å². The van der Waals surface area contributed by atoms with E-state index in [1.54, 1.807) is 39.2 Å². The molecular formula is C23H23F3N6O2S. The number of carbonyl (C=O) groups excluding carboxylic acids is 2. The third kappa shape index (κ3) is 4.92. The number of amides is 3. The quantitative estimate of drug-likeness (QED) is 0.558. The van der Waals surface area contributed by atoms with Gasteiger partial charge in [0.05, 0.1) is 22.6 Å². The highest BCUT2D eigenvalue weighted by Gasteiger charge is 2.31. The Labute approximate surface area is 204 Å². The highest BCUT2D eigenvalue weighted by atomic mass is 32.1. The number of likely N-dealkylation sites (N-methyl/N-ethyl adjacent to an activating group) is 1. The number of thiazole rings is 1. The first-order chi connectivity index (χ1) is 16.5. The van der Waals surface area contributed by atoms with Crippen LogP contribution in [-0.2, 0) is 6.18 Å². The molecule has 0 fully saturated rings. The van der Waals surface area contributed by atoms with Crippen LogP contribution in [0.2, 0.25) is 0 Å². The second-order valence-corrected chi connectivity index (χ2v) is 9.25. The van der Waals surface area contributed by atoms with Crippen molar-refractivity contribution in [3.8, 4) is 11.3 Å². The van der Waals surface area contributed by atoms with E-state index in [2.05, 4.69) is 15.3 Å². The fraction of sp³-hybridized carbons (Fsp3) is 0.304. The summed E-state index contributed by atoms with van der Waals surface area (Å²) in [5, 5.41) is 3.00. The average molecular weight is 505 g/mol. The van der Waals surface area contributed by atoms with Crippen LogP contribution < -0.4 is 15.1 Å². The zero-order chi connectivity index (χ0) is 25.5.